The van der Waals surface area contributed by atoms with Crippen molar-refractivity contribution in [3.63, 3.8) is 0 Å². The predicted octanol–water partition coefficient (Wildman–Crippen LogP) is 3.81. The summed E-state index contributed by atoms with van der Waals surface area (Å²) in [5.74, 6) is 1.09. The quantitative estimate of drug-likeness (QED) is 0.735. The molecule has 4 nitrogen and oxygen atoms in total. The minimum atomic E-state index is 0.153. The number of nitrogens with one attached hydrogen (secondary N) is 1. The molecule has 3 heterocycles. The highest BCUT2D eigenvalue weighted by Crippen LogP contribution is 2.23. The first-order valence-electron chi connectivity index (χ1n) is 8.76. The molecule has 1 aliphatic heterocycles. The monoisotopic (exact) mass is 334 g/mol. The van der Waals surface area contributed by atoms with Crippen LogP contribution in [-0.4, -0.2) is 35.1 Å². The van der Waals surface area contributed by atoms with Crippen LogP contribution in [0.2, 0.25) is 0 Å². The first-order chi connectivity index (χ1) is 12.1. The van der Waals surface area contributed by atoms with E-state index in [0.29, 0.717) is 0 Å². The number of anilines is 1. The Labute approximate surface area is 149 Å². The van der Waals surface area contributed by atoms with Crippen molar-refractivity contribution >= 4 is 16.7 Å². The van der Waals surface area contributed by atoms with Gasteiger partial charge in [-0.2, -0.15) is 0 Å². The van der Waals surface area contributed by atoms with Crippen molar-refractivity contribution in [2.45, 2.75) is 26.3 Å². The summed E-state index contributed by atoms with van der Waals surface area (Å²) >= 11 is 0. The zero-order chi connectivity index (χ0) is 17.7. The first-order valence-corrected chi connectivity index (χ1v) is 8.76. The lowest BCUT2D eigenvalue weighted by Crippen LogP contribution is -2.57. The summed E-state index contributed by atoms with van der Waals surface area (Å²) in [5, 5.41) is 4.76. The molecule has 0 amide bonds. The topological polar surface area (TPSA) is 41.0 Å². The minimum absolute atomic E-state index is 0.153. The molecule has 130 valence electrons. The largest absolute Gasteiger partial charge is 0.353 e. The number of nitrogens with zero attached hydrogens (tertiary/aromatic N) is 3. The van der Waals surface area contributed by atoms with Crippen molar-refractivity contribution in [2.75, 3.05) is 24.5 Å². The van der Waals surface area contributed by atoms with Crippen LogP contribution in [0.25, 0.3) is 10.9 Å². The highest BCUT2D eigenvalue weighted by atomic mass is 15.3. The summed E-state index contributed by atoms with van der Waals surface area (Å²) < 4.78 is 0. The molecule has 4 rings (SSSR count). The SMILES string of the molecule is Cc1cccc2ccc(N3CCNC(C)(C)C3)nc12.c1ccncc1. The van der Waals surface area contributed by atoms with Gasteiger partial charge in [0.15, 0.2) is 0 Å². The van der Waals surface area contributed by atoms with Crippen molar-refractivity contribution in [2.24, 2.45) is 0 Å². The van der Waals surface area contributed by atoms with Crippen LogP contribution in [0.15, 0.2) is 60.9 Å². The van der Waals surface area contributed by atoms with Gasteiger partial charge in [-0.1, -0.05) is 24.3 Å². The molecule has 0 bridgehead atoms. The average molecular weight is 334 g/mol. The molecular formula is C21H26N4. The van der Waals surface area contributed by atoms with Crippen molar-refractivity contribution in [1.82, 2.24) is 15.3 Å². The van der Waals surface area contributed by atoms with Crippen LogP contribution in [0, 0.1) is 6.92 Å². The molecule has 0 radical (unpaired) electrons. The third-order valence-electron chi connectivity index (χ3n) is 4.37. The fourth-order valence-corrected chi connectivity index (χ4v) is 3.11. The van der Waals surface area contributed by atoms with E-state index in [1.807, 2.05) is 18.2 Å². The summed E-state index contributed by atoms with van der Waals surface area (Å²) in [7, 11) is 0. The summed E-state index contributed by atoms with van der Waals surface area (Å²) in [5.41, 5.74) is 2.52. The van der Waals surface area contributed by atoms with Gasteiger partial charge in [0, 0.05) is 43.0 Å². The number of piperazine rings is 1. The number of aryl methyl sites for hydroxylation is 1. The van der Waals surface area contributed by atoms with E-state index in [4.69, 9.17) is 4.98 Å². The summed E-state index contributed by atoms with van der Waals surface area (Å²) in [6.45, 7) is 9.64. The number of hydrogen-bond acceptors (Lipinski definition) is 4. The maximum atomic E-state index is 4.86. The molecule has 2 aromatic heterocycles. The lowest BCUT2D eigenvalue weighted by atomic mass is 10.0. The lowest BCUT2D eigenvalue weighted by molar-refractivity contribution is 0.352. The van der Waals surface area contributed by atoms with Crippen LogP contribution in [0.4, 0.5) is 5.82 Å². The second-order valence-electron chi connectivity index (χ2n) is 7.07. The van der Waals surface area contributed by atoms with Gasteiger partial charge in [-0.05, 0) is 50.6 Å². The van der Waals surface area contributed by atoms with Crippen LogP contribution < -0.4 is 10.2 Å². The number of para-hydroxylation sites is 1. The smallest absolute Gasteiger partial charge is 0.129 e. The average Bonchev–Trinajstić information content (AvgIpc) is 2.63. The molecule has 1 fully saturated rings. The van der Waals surface area contributed by atoms with E-state index < -0.39 is 0 Å². The highest BCUT2D eigenvalue weighted by Gasteiger charge is 2.26. The number of pyridine rings is 2. The molecule has 1 aliphatic rings. The molecule has 0 saturated carbocycles. The Morgan fingerprint density at radius 3 is 2.44 bits per heavy atom. The van der Waals surface area contributed by atoms with E-state index in [0.717, 1.165) is 31.0 Å². The Hall–Kier alpha value is -2.46. The molecule has 0 spiro atoms. The predicted molar refractivity (Wildman–Crippen MR) is 105 cm³/mol. The Kier molecular flexibility index (Phi) is 5.29. The maximum Gasteiger partial charge on any atom is 0.129 e. The van der Waals surface area contributed by atoms with Crippen LogP contribution in [0.1, 0.15) is 19.4 Å². The third-order valence-corrected chi connectivity index (χ3v) is 4.37. The van der Waals surface area contributed by atoms with E-state index in [-0.39, 0.29) is 5.54 Å². The van der Waals surface area contributed by atoms with Crippen molar-refractivity contribution in [3.05, 3.63) is 66.5 Å². The molecule has 25 heavy (non-hydrogen) atoms. The number of aromatic nitrogens is 2. The zero-order valence-corrected chi connectivity index (χ0v) is 15.2. The summed E-state index contributed by atoms with van der Waals surface area (Å²) in [6, 6.07) is 16.4. The molecule has 1 saturated heterocycles. The van der Waals surface area contributed by atoms with Gasteiger partial charge in [0.05, 0.1) is 5.52 Å². The maximum absolute atomic E-state index is 4.86. The lowest BCUT2D eigenvalue weighted by Gasteiger charge is -2.39. The van der Waals surface area contributed by atoms with Crippen molar-refractivity contribution < 1.29 is 0 Å². The fraction of sp³-hybridized carbons (Fsp3) is 0.333. The van der Waals surface area contributed by atoms with Gasteiger partial charge >= 0.3 is 0 Å². The Balaban J connectivity index is 0.000000258. The molecule has 0 unspecified atom stereocenters. The standard InChI is InChI=1S/C16H21N3.C5H5N/c1-12-5-4-6-13-7-8-14(18-15(12)13)19-10-9-17-16(2,3)11-19;1-2-4-6-5-3-1/h4-8,17H,9-11H2,1-3H3;1-5H. The van der Waals surface area contributed by atoms with Gasteiger partial charge < -0.3 is 10.2 Å². The van der Waals surface area contributed by atoms with Gasteiger partial charge in [-0.3, -0.25) is 4.98 Å². The first kappa shape index (κ1) is 17.4. The second-order valence-corrected chi connectivity index (χ2v) is 7.07. The number of fused-ring (bicyclic) bond motifs is 1. The highest BCUT2D eigenvalue weighted by molar-refractivity contribution is 5.83. The van der Waals surface area contributed by atoms with Crippen molar-refractivity contribution in [1.29, 1.82) is 0 Å². The molecule has 1 N–H and O–H groups in total. The van der Waals surface area contributed by atoms with E-state index in [9.17, 15) is 0 Å². The Bertz CT molecular complexity index is 788. The van der Waals surface area contributed by atoms with E-state index >= 15 is 0 Å². The van der Waals surface area contributed by atoms with Gasteiger partial charge in [0.2, 0.25) is 0 Å². The summed E-state index contributed by atoms with van der Waals surface area (Å²) in [4.78, 5) is 11.0. The second kappa shape index (κ2) is 7.62. The van der Waals surface area contributed by atoms with E-state index in [1.54, 1.807) is 12.4 Å². The fourth-order valence-electron chi connectivity index (χ4n) is 3.11. The van der Waals surface area contributed by atoms with Crippen LogP contribution in [-0.2, 0) is 0 Å². The molecular weight excluding hydrogens is 308 g/mol. The van der Waals surface area contributed by atoms with E-state index in [1.165, 1.54) is 10.9 Å². The third kappa shape index (κ3) is 4.54. The molecule has 3 aromatic rings. The van der Waals surface area contributed by atoms with Gasteiger partial charge in [-0.15, -0.1) is 0 Å². The Morgan fingerprint density at radius 1 is 1.00 bits per heavy atom. The van der Waals surface area contributed by atoms with Crippen molar-refractivity contribution in [3.8, 4) is 0 Å². The van der Waals surface area contributed by atoms with Crippen LogP contribution in [0.5, 0.6) is 0 Å². The van der Waals surface area contributed by atoms with E-state index in [2.05, 4.69) is 66.3 Å². The van der Waals surface area contributed by atoms with Crippen LogP contribution >= 0.6 is 0 Å². The van der Waals surface area contributed by atoms with Gasteiger partial charge in [0.1, 0.15) is 5.82 Å². The van der Waals surface area contributed by atoms with Crippen LogP contribution in [0.3, 0.4) is 0 Å². The Morgan fingerprint density at radius 2 is 1.80 bits per heavy atom. The normalized spacial score (nSPS) is 16.2. The molecule has 1 aromatic carbocycles. The van der Waals surface area contributed by atoms with Gasteiger partial charge in [0.25, 0.3) is 0 Å². The molecule has 4 heteroatoms. The zero-order valence-electron chi connectivity index (χ0n) is 15.2. The number of rotatable bonds is 1. The minimum Gasteiger partial charge on any atom is -0.353 e. The number of benzene rings is 1. The number of hydrogen-bond donors (Lipinski definition) is 1. The molecule has 0 atom stereocenters. The van der Waals surface area contributed by atoms with Gasteiger partial charge in [-0.25, -0.2) is 4.98 Å². The molecule has 0 aliphatic carbocycles. The summed E-state index contributed by atoms with van der Waals surface area (Å²) in [6.07, 6.45) is 3.50.